The van der Waals surface area contributed by atoms with E-state index in [0.29, 0.717) is 0 Å². The van der Waals surface area contributed by atoms with Gasteiger partial charge < -0.3 is 15.0 Å². The van der Waals surface area contributed by atoms with Crippen LogP contribution in [-0.2, 0) is 7.05 Å². The van der Waals surface area contributed by atoms with Gasteiger partial charge in [-0.2, -0.15) is 0 Å². The third kappa shape index (κ3) is 2.98. The number of nitro groups is 1. The van der Waals surface area contributed by atoms with E-state index in [1.807, 2.05) is 0 Å². The van der Waals surface area contributed by atoms with Crippen molar-refractivity contribution in [1.29, 1.82) is 0 Å². The monoisotopic (exact) mass is 281 g/mol. The third-order valence-electron chi connectivity index (χ3n) is 3.89. The maximum Gasteiger partial charge on any atom is 0.287 e. The fraction of sp³-hybridized carbons (Fsp3) is 0.615. The van der Waals surface area contributed by atoms with Gasteiger partial charge in [-0.25, -0.2) is 0 Å². The molecule has 1 amide bonds. The summed E-state index contributed by atoms with van der Waals surface area (Å²) in [5.74, 6) is -0.256. The predicted octanol–water partition coefficient (Wildman–Crippen LogP) is 1.21. The molecule has 0 radical (unpaired) electrons. The van der Waals surface area contributed by atoms with E-state index in [1.54, 1.807) is 7.05 Å². The Bertz CT molecular complexity index is 512. The molecule has 2 N–H and O–H groups in total. The second kappa shape index (κ2) is 6.04. The Hall–Kier alpha value is -1.89. The van der Waals surface area contributed by atoms with Gasteiger partial charge in [0.15, 0.2) is 0 Å². The highest BCUT2D eigenvalue weighted by Crippen LogP contribution is 2.24. The van der Waals surface area contributed by atoms with Crippen LogP contribution in [0.5, 0.6) is 0 Å². The molecule has 110 valence electrons. The molecule has 2 rings (SSSR count). The summed E-state index contributed by atoms with van der Waals surface area (Å²) < 4.78 is 1.45. The highest BCUT2D eigenvalue weighted by molar-refractivity contribution is 5.93. The van der Waals surface area contributed by atoms with Gasteiger partial charge in [-0.15, -0.1) is 0 Å². The summed E-state index contributed by atoms with van der Waals surface area (Å²) in [5.41, 5.74) is 0.166. The van der Waals surface area contributed by atoms with Crippen molar-refractivity contribution in [1.82, 2.24) is 9.88 Å². The Morgan fingerprint density at radius 2 is 2.25 bits per heavy atom. The van der Waals surface area contributed by atoms with Gasteiger partial charge in [-0.3, -0.25) is 14.9 Å². The largest absolute Gasteiger partial charge is 0.396 e. The number of aromatic nitrogens is 1. The van der Waals surface area contributed by atoms with E-state index in [1.165, 1.54) is 16.8 Å². The highest BCUT2D eigenvalue weighted by Gasteiger charge is 2.27. The van der Waals surface area contributed by atoms with Crippen LogP contribution in [-0.4, -0.2) is 33.2 Å². The van der Waals surface area contributed by atoms with Gasteiger partial charge in [0, 0.05) is 31.7 Å². The quantitative estimate of drug-likeness (QED) is 0.640. The number of carbonyl (C=O) groups excluding carboxylic acids is 1. The Morgan fingerprint density at radius 3 is 2.85 bits per heavy atom. The number of nitrogens with zero attached hydrogens (tertiary/aromatic N) is 2. The molecule has 2 unspecified atom stereocenters. The third-order valence-corrected chi connectivity index (χ3v) is 3.89. The van der Waals surface area contributed by atoms with E-state index < -0.39 is 4.92 Å². The number of hydrogen-bond acceptors (Lipinski definition) is 4. The van der Waals surface area contributed by atoms with E-state index in [2.05, 4.69) is 5.32 Å². The summed E-state index contributed by atoms with van der Waals surface area (Å²) in [6.45, 7) is 0.0538. The minimum Gasteiger partial charge on any atom is -0.396 e. The molecule has 1 aromatic rings. The molecule has 1 heterocycles. The zero-order chi connectivity index (χ0) is 14.7. The summed E-state index contributed by atoms with van der Waals surface area (Å²) in [4.78, 5) is 22.4. The standard InChI is InChI=1S/C13H19N3O4/c1-15-7-10(16(19)20)6-12(15)13(18)14-11-5-3-2-4-9(11)8-17/h6-7,9,11,17H,2-5,8H2,1H3,(H,14,18). The lowest BCUT2D eigenvalue weighted by molar-refractivity contribution is -0.384. The lowest BCUT2D eigenvalue weighted by atomic mass is 9.85. The first-order valence-corrected chi connectivity index (χ1v) is 6.75. The fourth-order valence-electron chi connectivity index (χ4n) is 2.73. The smallest absolute Gasteiger partial charge is 0.287 e. The van der Waals surface area contributed by atoms with Crippen LogP contribution in [0.1, 0.15) is 36.2 Å². The van der Waals surface area contributed by atoms with Gasteiger partial charge in [0.2, 0.25) is 0 Å². The zero-order valence-electron chi connectivity index (χ0n) is 11.4. The number of carbonyl (C=O) groups is 1. The summed E-state index contributed by atoms with van der Waals surface area (Å²) in [6, 6.07) is 1.21. The van der Waals surface area contributed by atoms with Gasteiger partial charge in [-0.05, 0) is 12.8 Å². The van der Waals surface area contributed by atoms with Crippen LogP contribution in [0, 0.1) is 16.0 Å². The van der Waals surface area contributed by atoms with E-state index in [9.17, 15) is 20.0 Å². The maximum absolute atomic E-state index is 12.2. The molecule has 0 saturated heterocycles. The summed E-state index contributed by atoms with van der Waals surface area (Å²) in [5, 5.41) is 22.9. The minimum atomic E-state index is -0.520. The molecule has 20 heavy (non-hydrogen) atoms. The molecular weight excluding hydrogens is 262 g/mol. The van der Waals surface area contributed by atoms with E-state index in [-0.39, 0.29) is 35.9 Å². The van der Waals surface area contributed by atoms with Crippen molar-refractivity contribution in [3.05, 3.63) is 28.1 Å². The molecule has 0 spiro atoms. The SMILES string of the molecule is Cn1cc([N+](=O)[O-])cc1C(=O)NC1CCCCC1CO. The Balaban J connectivity index is 2.09. The first-order chi connectivity index (χ1) is 9.52. The maximum atomic E-state index is 12.2. The lowest BCUT2D eigenvalue weighted by Gasteiger charge is -2.30. The number of aliphatic hydroxyl groups is 1. The first kappa shape index (κ1) is 14.5. The van der Waals surface area contributed by atoms with Gasteiger partial charge in [0.1, 0.15) is 5.69 Å². The molecule has 1 saturated carbocycles. The number of nitrogens with one attached hydrogen (secondary N) is 1. The number of amides is 1. The van der Waals surface area contributed by atoms with Crippen LogP contribution in [0.15, 0.2) is 12.3 Å². The molecule has 0 bridgehead atoms. The number of rotatable bonds is 4. The molecule has 0 aliphatic heterocycles. The van der Waals surface area contributed by atoms with Crippen molar-refractivity contribution in [2.24, 2.45) is 13.0 Å². The van der Waals surface area contributed by atoms with Crippen LogP contribution in [0.25, 0.3) is 0 Å². The van der Waals surface area contributed by atoms with Gasteiger partial charge in [0.25, 0.3) is 11.6 Å². The lowest BCUT2D eigenvalue weighted by Crippen LogP contribution is -2.43. The molecule has 0 aromatic carbocycles. The van der Waals surface area contributed by atoms with E-state index >= 15 is 0 Å². The topological polar surface area (TPSA) is 97.4 Å². The second-order valence-corrected chi connectivity index (χ2v) is 5.26. The summed E-state index contributed by atoms with van der Waals surface area (Å²) >= 11 is 0. The zero-order valence-corrected chi connectivity index (χ0v) is 11.4. The van der Waals surface area contributed by atoms with E-state index in [0.717, 1.165) is 25.7 Å². The Morgan fingerprint density at radius 1 is 1.55 bits per heavy atom. The first-order valence-electron chi connectivity index (χ1n) is 6.75. The van der Waals surface area contributed by atoms with Crippen molar-refractivity contribution in [2.75, 3.05) is 6.61 Å². The minimum absolute atomic E-state index is 0.0538. The molecular formula is C13H19N3O4. The fourth-order valence-corrected chi connectivity index (χ4v) is 2.73. The highest BCUT2D eigenvalue weighted by atomic mass is 16.6. The number of hydrogen-bond donors (Lipinski definition) is 2. The summed E-state index contributed by atoms with van der Waals surface area (Å²) in [7, 11) is 1.60. The van der Waals surface area contributed by atoms with Crippen molar-refractivity contribution >= 4 is 11.6 Å². The molecule has 1 aliphatic rings. The molecule has 1 aliphatic carbocycles. The van der Waals surface area contributed by atoms with Crippen molar-refractivity contribution < 1.29 is 14.8 Å². The number of aliphatic hydroxyl groups excluding tert-OH is 1. The molecule has 1 fully saturated rings. The van der Waals surface area contributed by atoms with Crippen molar-refractivity contribution in [3.63, 3.8) is 0 Å². The van der Waals surface area contributed by atoms with Crippen LogP contribution < -0.4 is 5.32 Å². The Kier molecular flexibility index (Phi) is 4.39. The van der Waals surface area contributed by atoms with Gasteiger partial charge in [-0.1, -0.05) is 12.8 Å². The number of aryl methyl sites for hydroxylation is 1. The van der Waals surface area contributed by atoms with E-state index in [4.69, 9.17) is 0 Å². The van der Waals surface area contributed by atoms with Gasteiger partial charge in [0.05, 0.1) is 11.1 Å². The normalized spacial score (nSPS) is 22.5. The van der Waals surface area contributed by atoms with Crippen molar-refractivity contribution in [3.8, 4) is 0 Å². The molecule has 1 aromatic heterocycles. The van der Waals surface area contributed by atoms with Crippen LogP contribution >= 0.6 is 0 Å². The van der Waals surface area contributed by atoms with Crippen LogP contribution in [0.4, 0.5) is 5.69 Å². The van der Waals surface area contributed by atoms with Crippen LogP contribution in [0.2, 0.25) is 0 Å². The molecule has 7 heteroatoms. The Labute approximate surface area is 116 Å². The van der Waals surface area contributed by atoms with Crippen LogP contribution in [0.3, 0.4) is 0 Å². The average Bonchev–Trinajstić information content (AvgIpc) is 2.82. The second-order valence-electron chi connectivity index (χ2n) is 5.26. The molecule has 2 atom stereocenters. The summed E-state index contributed by atoms with van der Waals surface area (Å²) in [6.07, 6.45) is 5.14. The van der Waals surface area contributed by atoms with Gasteiger partial charge >= 0.3 is 0 Å². The van der Waals surface area contributed by atoms with Crippen molar-refractivity contribution in [2.45, 2.75) is 31.7 Å². The average molecular weight is 281 g/mol. The predicted molar refractivity (Wildman–Crippen MR) is 72.4 cm³/mol. The molecule has 7 nitrogen and oxygen atoms in total.